The zero-order valence-electron chi connectivity index (χ0n) is 17.3. The van der Waals surface area contributed by atoms with Crippen molar-refractivity contribution in [3.63, 3.8) is 0 Å². The number of phenolic OH excluding ortho intramolecular Hbond substituents is 1. The van der Waals surface area contributed by atoms with Gasteiger partial charge in [0.05, 0.1) is 30.5 Å². The highest BCUT2D eigenvalue weighted by atomic mass is 79.9. The summed E-state index contributed by atoms with van der Waals surface area (Å²) in [4.78, 5) is 12.3. The fourth-order valence-corrected chi connectivity index (χ4v) is 3.54. The van der Waals surface area contributed by atoms with E-state index >= 15 is 0 Å². The molecule has 3 aromatic rings. The summed E-state index contributed by atoms with van der Waals surface area (Å²) in [7, 11) is 3.00. The topological polar surface area (TPSA) is 89.4 Å². The molecular weight excluding hydrogens is 500 g/mol. The number of ether oxygens (including phenoxy) is 3. The number of nitrogens with zero attached hydrogens (tertiary/aromatic N) is 1. The summed E-state index contributed by atoms with van der Waals surface area (Å²) in [5, 5.41) is 14.5. The van der Waals surface area contributed by atoms with Gasteiger partial charge >= 0.3 is 0 Å². The minimum atomic E-state index is -0.563. The molecule has 3 aromatic carbocycles. The van der Waals surface area contributed by atoms with Crippen LogP contribution in [0.15, 0.2) is 64.2 Å². The lowest BCUT2D eigenvalue weighted by molar-refractivity contribution is 0.0952. The molecule has 0 aromatic heterocycles. The Morgan fingerprint density at radius 3 is 2.62 bits per heavy atom. The number of nitrogens with one attached hydrogen (secondary N) is 1. The maximum Gasteiger partial charge on any atom is 0.275 e. The molecule has 32 heavy (non-hydrogen) atoms. The highest BCUT2D eigenvalue weighted by Crippen LogP contribution is 2.37. The number of methoxy groups -OCH3 is 2. The minimum absolute atomic E-state index is 0.0741. The monoisotopic (exact) mass is 518 g/mol. The fourth-order valence-electron chi connectivity index (χ4n) is 2.78. The van der Waals surface area contributed by atoms with Crippen molar-refractivity contribution in [2.45, 2.75) is 6.61 Å². The number of halogens is 2. The van der Waals surface area contributed by atoms with Crippen molar-refractivity contribution >= 4 is 39.7 Å². The van der Waals surface area contributed by atoms with E-state index in [0.29, 0.717) is 32.3 Å². The van der Waals surface area contributed by atoms with Crippen LogP contribution in [-0.2, 0) is 6.61 Å². The van der Waals surface area contributed by atoms with E-state index in [9.17, 15) is 9.90 Å². The molecule has 0 heterocycles. The fraction of sp³-hybridized carbons (Fsp3) is 0.130. The maximum atomic E-state index is 12.3. The van der Waals surface area contributed by atoms with E-state index < -0.39 is 5.91 Å². The number of benzene rings is 3. The Hall–Kier alpha value is -3.23. The number of carbonyl (C=O) groups excluding carboxylic acids is 1. The average molecular weight is 520 g/mol. The van der Waals surface area contributed by atoms with Gasteiger partial charge < -0.3 is 19.3 Å². The van der Waals surface area contributed by atoms with E-state index in [4.69, 9.17) is 25.8 Å². The predicted molar refractivity (Wildman–Crippen MR) is 126 cm³/mol. The van der Waals surface area contributed by atoms with Crippen LogP contribution in [-0.4, -0.2) is 31.4 Å². The second-order valence-electron chi connectivity index (χ2n) is 6.50. The highest BCUT2D eigenvalue weighted by Gasteiger charge is 2.13. The molecule has 0 fully saturated rings. The molecule has 0 spiro atoms. The number of rotatable bonds is 8. The van der Waals surface area contributed by atoms with Gasteiger partial charge in [-0.25, -0.2) is 5.43 Å². The van der Waals surface area contributed by atoms with E-state index in [1.54, 1.807) is 24.3 Å². The average Bonchev–Trinajstić information content (AvgIpc) is 2.78. The van der Waals surface area contributed by atoms with Crippen molar-refractivity contribution in [3.8, 4) is 23.0 Å². The molecule has 166 valence electrons. The first-order valence-electron chi connectivity index (χ1n) is 9.37. The van der Waals surface area contributed by atoms with Crippen molar-refractivity contribution in [1.29, 1.82) is 0 Å². The molecule has 0 radical (unpaired) electrons. The summed E-state index contributed by atoms with van der Waals surface area (Å²) in [5.74, 6) is 0.661. The Kier molecular flexibility index (Phi) is 7.97. The molecule has 0 aliphatic carbocycles. The summed E-state index contributed by atoms with van der Waals surface area (Å²) in [6.45, 7) is 0.267. The van der Waals surface area contributed by atoms with Gasteiger partial charge in [0.2, 0.25) is 0 Å². The molecule has 7 nitrogen and oxygen atoms in total. The van der Waals surface area contributed by atoms with Gasteiger partial charge in [-0.3, -0.25) is 4.79 Å². The Morgan fingerprint density at radius 1 is 1.16 bits per heavy atom. The maximum absolute atomic E-state index is 12.3. The van der Waals surface area contributed by atoms with Gasteiger partial charge in [-0.15, -0.1) is 0 Å². The lowest BCUT2D eigenvalue weighted by Crippen LogP contribution is -2.17. The zero-order chi connectivity index (χ0) is 23.1. The lowest BCUT2D eigenvalue weighted by atomic mass is 10.2. The predicted octanol–water partition coefficient (Wildman–Crippen LogP) is 5.17. The minimum Gasteiger partial charge on any atom is -0.507 e. The molecule has 0 unspecified atom stereocenters. The molecule has 0 saturated heterocycles. The van der Waals surface area contributed by atoms with E-state index in [0.717, 1.165) is 5.56 Å². The van der Waals surface area contributed by atoms with Crippen LogP contribution >= 0.6 is 27.5 Å². The van der Waals surface area contributed by atoms with Gasteiger partial charge in [0.1, 0.15) is 18.1 Å². The molecule has 0 saturated carbocycles. The Labute approximate surface area is 198 Å². The molecule has 0 bridgehead atoms. The van der Waals surface area contributed by atoms with Crippen LogP contribution in [0.3, 0.4) is 0 Å². The number of amides is 1. The van der Waals surface area contributed by atoms with Crippen molar-refractivity contribution in [3.05, 3.63) is 80.8 Å². The van der Waals surface area contributed by atoms with Crippen LogP contribution in [0.5, 0.6) is 23.0 Å². The third kappa shape index (κ3) is 5.72. The smallest absolute Gasteiger partial charge is 0.275 e. The number of hydrogen-bond donors (Lipinski definition) is 2. The largest absolute Gasteiger partial charge is 0.507 e. The van der Waals surface area contributed by atoms with Crippen molar-refractivity contribution < 1.29 is 24.1 Å². The first kappa shape index (κ1) is 23.4. The van der Waals surface area contributed by atoms with Crippen molar-refractivity contribution in [2.24, 2.45) is 5.10 Å². The van der Waals surface area contributed by atoms with Gasteiger partial charge in [0, 0.05) is 16.7 Å². The molecule has 9 heteroatoms. The second kappa shape index (κ2) is 10.9. The van der Waals surface area contributed by atoms with E-state index in [1.165, 1.54) is 32.6 Å². The number of phenols is 1. The highest BCUT2D eigenvalue weighted by molar-refractivity contribution is 9.10. The van der Waals surface area contributed by atoms with E-state index in [2.05, 4.69) is 26.5 Å². The summed E-state index contributed by atoms with van der Waals surface area (Å²) in [6.07, 6.45) is 1.45. The van der Waals surface area contributed by atoms with Gasteiger partial charge in [-0.2, -0.15) is 5.10 Å². The Morgan fingerprint density at radius 2 is 1.94 bits per heavy atom. The molecule has 0 aliphatic heterocycles. The van der Waals surface area contributed by atoms with Crippen LogP contribution < -0.4 is 19.6 Å². The Bertz CT molecular complexity index is 1150. The number of carbonyl (C=O) groups is 1. The van der Waals surface area contributed by atoms with Gasteiger partial charge in [0.25, 0.3) is 5.91 Å². The molecule has 1 amide bonds. The molecule has 3 rings (SSSR count). The van der Waals surface area contributed by atoms with Crippen LogP contribution in [0.1, 0.15) is 21.5 Å². The zero-order valence-corrected chi connectivity index (χ0v) is 19.6. The second-order valence-corrected chi connectivity index (χ2v) is 7.76. The molecular formula is C23H20BrClN2O5. The van der Waals surface area contributed by atoms with E-state index in [-0.39, 0.29) is 17.9 Å². The summed E-state index contributed by atoms with van der Waals surface area (Å²) in [5.41, 5.74) is 3.95. The summed E-state index contributed by atoms with van der Waals surface area (Å²) < 4.78 is 17.0. The quantitative estimate of drug-likeness (QED) is 0.317. The van der Waals surface area contributed by atoms with Crippen molar-refractivity contribution in [2.75, 3.05) is 14.2 Å². The number of hydrogen-bond acceptors (Lipinski definition) is 6. The van der Waals surface area contributed by atoms with Crippen LogP contribution in [0.2, 0.25) is 5.02 Å². The van der Waals surface area contributed by atoms with Gasteiger partial charge in [0.15, 0.2) is 11.5 Å². The summed E-state index contributed by atoms with van der Waals surface area (Å²) in [6, 6.07) is 15.3. The first-order chi connectivity index (χ1) is 15.4. The van der Waals surface area contributed by atoms with Gasteiger partial charge in [-0.1, -0.05) is 29.8 Å². The normalized spacial score (nSPS) is 10.8. The van der Waals surface area contributed by atoms with Crippen LogP contribution in [0.25, 0.3) is 0 Å². The number of hydrazone groups is 1. The molecule has 0 aliphatic rings. The van der Waals surface area contributed by atoms with Gasteiger partial charge in [-0.05, 0) is 51.8 Å². The lowest BCUT2D eigenvalue weighted by Gasteiger charge is -2.14. The SMILES string of the molecule is COc1ccc(C(=O)N/N=C\c2cc(Br)c(OCc3ccccc3Cl)c(OC)c2)c(O)c1. The first-order valence-corrected chi connectivity index (χ1v) is 10.5. The third-order valence-corrected chi connectivity index (χ3v) is 5.37. The third-order valence-electron chi connectivity index (χ3n) is 4.41. The Balaban J connectivity index is 1.70. The molecule has 0 atom stereocenters. The van der Waals surface area contributed by atoms with Crippen LogP contribution in [0.4, 0.5) is 0 Å². The number of aromatic hydroxyl groups is 1. The van der Waals surface area contributed by atoms with Crippen LogP contribution in [0, 0.1) is 0 Å². The molecule has 2 N–H and O–H groups in total. The standard InChI is InChI=1S/C23H20BrClN2O5/c1-30-16-7-8-17(20(28)11-16)23(29)27-26-12-14-9-18(24)22(21(10-14)31-2)32-13-15-5-3-4-6-19(15)25/h3-12,28H,13H2,1-2H3,(H,27,29)/b26-12-. The van der Waals surface area contributed by atoms with E-state index in [1.807, 2.05) is 18.2 Å². The summed E-state index contributed by atoms with van der Waals surface area (Å²) >= 11 is 9.66. The van der Waals surface area contributed by atoms with Crippen molar-refractivity contribution in [1.82, 2.24) is 5.43 Å².